The summed E-state index contributed by atoms with van der Waals surface area (Å²) >= 11 is 1.87. The Morgan fingerprint density at radius 1 is 1.28 bits per heavy atom. The van der Waals surface area contributed by atoms with E-state index in [1.54, 1.807) is 0 Å². The second kappa shape index (κ2) is 5.14. The fraction of sp³-hybridized carbons (Fsp3) is 0.667. The van der Waals surface area contributed by atoms with Crippen molar-refractivity contribution in [1.29, 1.82) is 0 Å². The Kier molecular flexibility index (Phi) is 3.53. The molecule has 1 aliphatic heterocycles. The molecule has 2 unspecified atom stereocenters. The van der Waals surface area contributed by atoms with Crippen LogP contribution in [-0.2, 0) is 11.2 Å². The highest BCUT2D eigenvalue weighted by atomic mass is 32.1. The Morgan fingerprint density at radius 3 is 3.06 bits per heavy atom. The second-order valence-electron chi connectivity index (χ2n) is 5.54. The van der Waals surface area contributed by atoms with Gasteiger partial charge in [0.15, 0.2) is 0 Å². The number of hydrogen-bond acceptors (Lipinski definition) is 3. The summed E-state index contributed by atoms with van der Waals surface area (Å²) in [5, 5.41) is 2.19. The van der Waals surface area contributed by atoms with Crippen molar-refractivity contribution in [3.05, 3.63) is 21.9 Å². The van der Waals surface area contributed by atoms with Gasteiger partial charge in [0, 0.05) is 23.9 Å². The number of fused-ring (bicyclic) bond motifs is 1. The van der Waals surface area contributed by atoms with Crippen LogP contribution >= 0.6 is 11.3 Å². The second-order valence-corrected chi connectivity index (χ2v) is 6.55. The predicted molar refractivity (Wildman–Crippen MR) is 75.0 cm³/mol. The number of carbonyl (C=O) groups excluding carboxylic acids is 1. The summed E-state index contributed by atoms with van der Waals surface area (Å²) in [6.07, 6.45) is 6.54. The van der Waals surface area contributed by atoms with Crippen LogP contribution in [0.25, 0.3) is 0 Å². The van der Waals surface area contributed by atoms with E-state index in [2.05, 4.69) is 23.3 Å². The van der Waals surface area contributed by atoms with Gasteiger partial charge in [0.05, 0.1) is 6.04 Å². The van der Waals surface area contributed by atoms with Crippen LogP contribution in [0, 0.1) is 0 Å². The van der Waals surface area contributed by atoms with E-state index in [4.69, 9.17) is 0 Å². The van der Waals surface area contributed by atoms with Crippen molar-refractivity contribution in [1.82, 2.24) is 4.90 Å². The molecule has 1 fully saturated rings. The van der Waals surface area contributed by atoms with Crippen molar-refractivity contribution >= 4 is 17.1 Å². The third-order valence-electron chi connectivity index (χ3n) is 4.50. The first-order valence-corrected chi connectivity index (χ1v) is 8.00. The van der Waals surface area contributed by atoms with Gasteiger partial charge >= 0.3 is 0 Å². The number of hydrogen-bond donors (Lipinski definition) is 0. The summed E-state index contributed by atoms with van der Waals surface area (Å²) < 4.78 is 0. The van der Waals surface area contributed by atoms with Crippen LogP contribution in [0.4, 0.5) is 0 Å². The van der Waals surface area contributed by atoms with Crippen LogP contribution in [0.3, 0.4) is 0 Å². The summed E-state index contributed by atoms with van der Waals surface area (Å²) in [6, 6.07) is 2.86. The fourth-order valence-electron chi connectivity index (χ4n) is 3.45. The van der Waals surface area contributed by atoms with Gasteiger partial charge in [0.1, 0.15) is 5.78 Å². The maximum Gasteiger partial charge on any atom is 0.149 e. The van der Waals surface area contributed by atoms with E-state index in [-0.39, 0.29) is 6.04 Å². The van der Waals surface area contributed by atoms with Gasteiger partial charge < -0.3 is 0 Å². The van der Waals surface area contributed by atoms with E-state index in [9.17, 15) is 4.79 Å². The molecule has 98 valence electrons. The van der Waals surface area contributed by atoms with Gasteiger partial charge in [-0.3, -0.25) is 9.69 Å². The van der Waals surface area contributed by atoms with Gasteiger partial charge in [-0.15, -0.1) is 11.3 Å². The lowest BCUT2D eigenvalue weighted by Gasteiger charge is -2.38. The van der Waals surface area contributed by atoms with Crippen LogP contribution in [-0.4, -0.2) is 23.3 Å². The van der Waals surface area contributed by atoms with Crippen molar-refractivity contribution in [3.63, 3.8) is 0 Å². The van der Waals surface area contributed by atoms with Crippen LogP contribution in [0.5, 0.6) is 0 Å². The molecule has 0 spiro atoms. The Labute approximate surface area is 113 Å². The summed E-state index contributed by atoms with van der Waals surface area (Å²) in [6.45, 7) is 3.33. The van der Waals surface area contributed by atoms with E-state index in [0.29, 0.717) is 11.8 Å². The normalized spacial score (nSPS) is 29.9. The Morgan fingerprint density at radius 2 is 2.17 bits per heavy atom. The van der Waals surface area contributed by atoms with E-state index in [0.717, 1.165) is 32.2 Å². The minimum Gasteiger partial charge on any atom is -0.298 e. The van der Waals surface area contributed by atoms with E-state index in [1.807, 2.05) is 11.3 Å². The maximum absolute atomic E-state index is 12.3. The monoisotopic (exact) mass is 263 g/mol. The minimum absolute atomic E-state index is 0.190. The molecular weight excluding hydrogens is 242 g/mol. The molecule has 0 aromatic carbocycles. The molecule has 0 bridgehead atoms. The largest absolute Gasteiger partial charge is 0.298 e. The molecule has 2 heterocycles. The van der Waals surface area contributed by atoms with E-state index >= 15 is 0 Å². The lowest BCUT2D eigenvalue weighted by atomic mass is 9.96. The first kappa shape index (κ1) is 12.4. The van der Waals surface area contributed by atoms with Crippen molar-refractivity contribution in [2.45, 2.75) is 57.5 Å². The van der Waals surface area contributed by atoms with Crippen molar-refractivity contribution in [2.24, 2.45) is 0 Å². The lowest BCUT2D eigenvalue weighted by molar-refractivity contribution is -0.125. The number of nitrogens with zero attached hydrogens (tertiary/aromatic N) is 1. The zero-order chi connectivity index (χ0) is 12.5. The first-order valence-electron chi connectivity index (χ1n) is 7.12. The Hall–Kier alpha value is -0.670. The summed E-state index contributed by atoms with van der Waals surface area (Å²) in [5.74, 6) is 0.484. The van der Waals surface area contributed by atoms with Crippen molar-refractivity contribution in [3.8, 4) is 0 Å². The molecule has 0 saturated heterocycles. The smallest absolute Gasteiger partial charge is 0.149 e. The van der Waals surface area contributed by atoms with Crippen LogP contribution in [0.2, 0.25) is 0 Å². The van der Waals surface area contributed by atoms with Gasteiger partial charge in [-0.2, -0.15) is 0 Å². The zero-order valence-corrected chi connectivity index (χ0v) is 11.8. The highest BCUT2D eigenvalue weighted by Crippen LogP contribution is 2.36. The number of Topliss-reactive ketones (excluding diaryl/α,β-unsaturated/α-hetero) is 1. The predicted octanol–water partition coefficient (Wildman–Crippen LogP) is 3.57. The minimum atomic E-state index is 0.190. The maximum atomic E-state index is 12.3. The highest BCUT2D eigenvalue weighted by molar-refractivity contribution is 7.10. The number of carbonyl (C=O) groups is 1. The van der Waals surface area contributed by atoms with Crippen molar-refractivity contribution < 1.29 is 4.79 Å². The molecule has 2 atom stereocenters. The third-order valence-corrected chi connectivity index (χ3v) is 5.49. The SMILES string of the molecule is CC1c2ccsc2CCN1C1CCCCCC1=O. The molecule has 0 amide bonds. The Bertz CT molecular complexity index is 439. The number of rotatable bonds is 1. The molecule has 2 nitrogen and oxygen atoms in total. The summed E-state index contributed by atoms with van der Waals surface area (Å²) in [4.78, 5) is 16.3. The average molecular weight is 263 g/mol. The lowest BCUT2D eigenvalue weighted by Crippen LogP contribution is -2.45. The van der Waals surface area contributed by atoms with Crippen LogP contribution in [0.15, 0.2) is 11.4 Å². The zero-order valence-electron chi connectivity index (χ0n) is 11.0. The molecule has 1 aliphatic carbocycles. The number of thiophene rings is 1. The van der Waals surface area contributed by atoms with Gasteiger partial charge in [0.25, 0.3) is 0 Å². The summed E-state index contributed by atoms with van der Waals surface area (Å²) in [7, 11) is 0. The standard InChI is InChI=1S/C15H21NOS/c1-11-12-8-10-18-15(12)7-9-16(11)13-5-3-2-4-6-14(13)17/h8,10-11,13H,2-7,9H2,1H3. The molecule has 3 rings (SSSR count). The van der Waals surface area contributed by atoms with Gasteiger partial charge in [0.2, 0.25) is 0 Å². The first-order chi connectivity index (χ1) is 8.77. The number of ketones is 1. The molecule has 3 heteroatoms. The van der Waals surface area contributed by atoms with Crippen LogP contribution in [0.1, 0.15) is 55.5 Å². The van der Waals surface area contributed by atoms with Crippen molar-refractivity contribution in [2.75, 3.05) is 6.54 Å². The molecule has 1 aromatic rings. The van der Waals surface area contributed by atoms with Gasteiger partial charge in [-0.1, -0.05) is 12.8 Å². The molecule has 1 aromatic heterocycles. The molecular formula is C15H21NOS. The topological polar surface area (TPSA) is 20.3 Å². The van der Waals surface area contributed by atoms with Gasteiger partial charge in [-0.25, -0.2) is 0 Å². The Balaban J connectivity index is 1.82. The van der Waals surface area contributed by atoms with Gasteiger partial charge in [-0.05, 0) is 43.2 Å². The highest BCUT2D eigenvalue weighted by Gasteiger charge is 2.34. The summed E-state index contributed by atoms with van der Waals surface area (Å²) in [5.41, 5.74) is 1.46. The molecule has 18 heavy (non-hydrogen) atoms. The fourth-order valence-corrected chi connectivity index (χ4v) is 4.41. The van der Waals surface area contributed by atoms with E-state index in [1.165, 1.54) is 23.3 Å². The molecule has 0 N–H and O–H groups in total. The molecule has 0 radical (unpaired) electrons. The third kappa shape index (κ3) is 2.14. The molecule has 2 aliphatic rings. The average Bonchev–Trinajstić information content (AvgIpc) is 2.75. The van der Waals surface area contributed by atoms with Crippen LogP contribution < -0.4 is 0 Å². The van der Waals surface area contributed by atoms with E-state index < -0.39 is 0 Å². The quantitative estimate of drug-likeness (QED) is 0.722. The molecule has 1 saturated carbocycles.